The van der Waals surface area contributed by atoms with Gasteiger partial charge in [0.15, 0.2) is 0 Å². The Kier molecular flexibility index (Phi) is 11.7. The van der Waals surface area contributed by atoms with Crippen molar-refractivity contribution in [2.45, 2.75) is 37.4 Å². The van der Waals surface area contributed by atoms with Crippen LogP contribution < -0.4 is 21.7 Å². The van der Waals surface area contributed by atoms with Crippen LogP contribution >= 0.6 is 11.8 Å². The number of phenols is 1. The fourth-order valence-corrected chi connectivity index (χ4v) is 3.22. The number of aliphatic carboxylic acids is 2. The molecular formula is C20H28N4O8S. The third-order valence-corrected chi connectivity index (χ3v) is 5.09. The highest BCUT2D eigenvalue weighted by molar-refractivity contribution is 7.98. The zero-order valence-electron chi connectivity index (χ0n) is 17.9. The number of thioether (sulfide) groups is 1. The maximum Gasteiger partial charge on any atom is 0.326 e. The summed E-state index contributed by atoms with van der Waals surface area (Å²) in [6.07, 6.45) is 1.03. The number of hydrogen-bond acceptors (Lipinski definition) is 8. The molecule has 0 fully saturated rings. The van der Waals surface area contributed by atoms with Crippen molar-refractivity contribution in [1.82, 2.24) is 16.0 Å². The first-order valence-corrected chi connectivity index (χ1v) is 11.3. The lowest BCUT2D eigenvalue weighted by Gasteiger charge is -2.24. The van der Waals surface area contributed by atoms with Crippen LogP contribution in [0.5, 0.6) is 5.75 Å². The maximum atomic E-state index is 12.8. The monoisotopic (exact) mass is 484 g/mol. The number of carbonyl (C=O) groups is 5. The highest BCUT2D eigenvalue weighted by atomic mass is 32.2. The van der Waals surface area contributed by atoms with E-state index in [-0.39, 0.29) is 18.6 Å². The largest absolute Gasteiger partial charge is 0.508 e. The van der Waals surface area contributed by atoms with Gasteiger partial charge in [-0.3, -0.25) is 19.2 Å². The molecule has 3 amide bonds. The van der Waals surface area contributed by atoms with Gasteiger partial charge < -0.3 is 37.0 Å². The highest BCUT2D eigenvalue weighted by Gasteiger charge is 2.31. The molecule has 0 aromatic heterocycles. The topological polar surface area (TPSA) is 208 Å². The fourth-order valence-electron chi connectivity index (χ4n) is 2.75. The van der Waals surface area contributed by atoms with Crippen molar-refractivity contribution in [1.29, 1.82) is 0 Å². The number of carboxylic acid groups (broad SMARTS) is 2. The number of nitrogens with two attached hydrogens (primary N) is 1. The fraction of sp³-hybridized carbons (Fsp3) is 0.450. The molecule has 1 rings (SSSR count). The predicted molar refractivity (Wildman–Crippen MR) is 120 cm³/mol. The van der Waals surface area contributed by atoms with E-state index in [4.69, 9.17) is 10.8 Å². The highest BCUT2D eigenvalue weighted by Crippen LogP contribution is 2.12. The van der Waals surface area contributed by atoms with E-state index in [1.54, 1.807) is 6.26 Å². The molecule has 0 aliphatic rings. The average Bonchev–Trinajstić information content (AvgIpc) is 2.76. The van der Waals surface area contributed by atoms with E-state index in [9.17, 15) is 34.2 Å². The van der Waals surface area contributed by atoms with Gasteiger partial charge in [-0.05, 0) is 36.1 Å². The van der Waals surface area contributed by atoms with E-state index >= 15 is 0 Å². The number of phenolic OH excluding ortho intramolecular Hbond substituents is 1. The Balaban J connectivity index is 3.02. The Morgan fingerprint density at radius 3 is 2.03 bits per heavy atom. The minimum atomic E-state index is -1.58. The summed E-state index contributed by atoms with van der Waals surface area (Å²) in [6, 6.07) is 1.77. The Morgan fingerprint density at radius 2 is 1.52 bits per heavy atom. The Bertz CT molecular complexity index is 849. The van der Waals surface area contributed by atoms with Gasteiger partial charge >= 0.3 is 11.9 Å². The van der Waals surface area contributed by atoms with Crippen molar-refractivity contribution in [2.75, 3.05) is 18.6 Å². The normalized spacial score (nSPS) is 13.3. The summed E-state index contributed by atoms with van der Waals surface area (Å²) in [7, 11) is 0. The third kappa shape index (κ3) is 10.2. The lowest BCUT2D eigenvalue weighted by Crippen LogP contribution is -2.57. The van der Waals surface area contributed by atoms with Gasteiger partial charge in [0.05, 0.1) is 13.0 Å². The first kappa shape index (κ1) is 27.7. The van der Waals surface area contributed by atoms with Crippen LogP contribution in [0.1, 0.15) is 18.4 Å². The molecule has 1 aromatic rings. The number of carboxylic acids is 2. The first-order valence-electron chi connectivity index (χ1n) is 9.89. The Hall–Kier alpha value is -3.32. The molecule has 0 radical (unpaired) electrons. The Labute approximate surface area is 194 Å². The Morgan fingerprint density at radius 1 is 0.939 bits per heavy atom. The maximum absolute atomic E-state index is 12.8. The molecule has 0 aliphatic carbocycles. The molecule has 0 saturated carbocycles. The number of carbonyl (C=O) groups excluding carboxylic acids is 3. The van der Waals surface area contributed by atoms with Gasteiger partial charge in [0.1, 0.15) is 23.9 Å². The van der Waals surface area contributed by atoms with Gasteiger partial charge in [-0.15, -0.1) is 0 Å². The standard InChI is InChI=1S/C20H28N4O8S/c1-33-7-6-13(20(31)32)23-19(30)15(9-17(27)28)24-18(29)14(22-16(26)10-21)8-11-2-4-12(25)5-3-11/h2-5,13-15,25H,6-10,21H2,1H3,(H,22,26)(H,23,30)(H,24,29)(H,27,28)(H,31,32). The third-order valence-electron chi connectivity index (χ3n) is 4.45. The number of amides is 3. The first-order chi connectivity index (χ1) is 15.6. The number of benzene rings is 1. The minimum Gasteiger partial charge on any atom is -0.508 e. The molecular weight excluding hydrogens is 456 g/mol. The molecule has 12 nitrogen and oxygen atoms in total. The molecule has 182 valence electrons. The van der Waals surface area contributed by atoms with Crippen LogP contribution in [-0.4, -0.2) is 81.7 Å². The van der Waals surface area contributed by atoms with Crippen molar-refractivity contribution in [2.24, 2.45) is 5.73 Å². The van der Waals surface area contributed by atoms with Crippen LogP contribution in [0.4, 0.5) is 0 Å². The number of rotatable bonds is 14. The van der Waals surface area contributed by atoms with Gasteiger partial charge in [-0.25, -0.2) is 4.79 Å². The summed E-state index contributed by atoms with van der Waals surface area (Å²) < 4.78 is 0. The van der Waals surface area contributed by atoms with Crippen LogP contribution in [0.3, 0.4) is 0 Å². The second kappa shape index (κ2) is 14.0. The van der Waals surface area contributed by atoms with E-state index < -0.39 is 60.8 Å². The second-order valence-electron chi connectivity index (χ2n) is 7.03. The summed E-state index contributed by atoms with van der Waals surface area (Å²) in [5.41, 5.74) is 5.86. The molecule has 0 spiro atoms. The minimum absolute atomic E-state index is 0.00148. The van der Waals surface area contributed by atoms with Gasteiger partial charge in [0.2, 0.25) is 17.7 Å². The number of aromatic hydroxyl groups is 1. The lowest BCUT2D eigenvalue weighted by atomic mass is 10.0. The smallest absolute Gasteiger partial charge is 0.326 e. The van der Waals surface area contributed by atoms with Crippen molar-refractivity contribution in [3.8, 4) is 5.75 Å². The van der Waals surface area contributed by atoms with E-state index in [0.717, 1.165) is 0 Å². The van der Waals surface area contributed by atoms with Crippen molar-refractivity contribution >= 4 is 41.4 Å². The van der Waals surface area contributed by atoms with Crippen LogP contribution in [0.25, 0.3) is 0 Å². The molecule has 33 heavy (non-hydrogen) atoms. The van der Waals surface area contributed by atoms with E-state index in [1.165, 1.54) is 36.0 Å². The zero-order chi connectivity index (χ0) is 25.0. The second-order valence-corrected chi connectivity index (χ2v) is 8.02. The number of hydrogen-bond donors (Lipinski definition) is 7. The van der Waals surface area contributed by atoms with Crippen LogP contribution in [0.2, 0.25) is 0 Å². The summed E-state index contributed by atoms with van der Waals surface area (Å²) in [5, 5.41) is 34.8. The van der Waals surface area contributed by atoms with Crippen LogP contribution in [-0.2, 0) is 30.4 Å². The summed E-state index contributed by atoms with van der Waals surface area (Å²) in [6.45, 7) is -0.409. The van der Waals surface area contributed by atoms with Crippen molar-refractivity contribution < 1.29 is 39.3 Å². The molecule has 0 bridgehead atoms. The molecule has 3 unspecified atom stereocenters. The zero-order valence-corrected chi connectivity index (χ0v) is 18.8. The SMILES string of the molecule is CSCCC(NC(=O)C(CC(=O)O)NC(=O)C(Cc1ccc(O)cc1)NC(=O)CN)C(=O)O. The van der Waals surface area contributed by atoms with Gasteiger partial charge in [0, 0.05) is 6.42 Å². The quantitative estimate of drug-likeness (QED) is 0.165. The summed E-state index contributed by atoms with van der Waals surface area (Å²) in [5.74, 6) is -4.75. The lowest BCUT2D eigenvalue weighted by molar-refractivity contribution is -0.143. The van der Waals surface area contributed by atoms with Crippen LogP contribution in [0.15, 0.2) is 24.3 Å². The molecule has 1 aromatic carbocycles. The van der Waals surface area contributed by atoms with Gasteiger partial charge in [-0.1, -0.05) is 12.1 Å². The van der Waals surface area contributed by atoms with Gasteiger partial charge in [-0.2, -0.15) is 11.8 Å². The molecule has 3 atom stereocenters. The van der Waals surface area contributed by atoms with Crippen molar-refractivity contribution in [3.05, 3.63) is 29.8 Å². The summed E-state index contributed by atoms with van der Waals surface area (Å²) >= 11 is 1.37. The average molecular weight is 485 g/mol. The van der Waals surface area contributed by atoms with Crippen LogP contribution in [0, 0.1) is 0 Å². The number of nitrogens with one attached hydrogen (secondary N) is 3. The molecule has 8 N–H and O–H groups in total. The van der Waals surface area contributed by atoms with E-state index in [1.807, 2.05) is 0 Å². The predicted octanol–water partition coefficient (Wildman–Crippen LogP) is -1.34. The molecule has 0 heterocycles. The van der Waals surface area contributed by atoms with Crippen molar-refractivity contribution in [3.63, 3.8) is 0 Å². The molecule has 0 aliphatic heterocycles. The van der Waals surface area contributed by atoms with E-state index in [2.05, 4.69) is 16.0 Å². The summed E-state index contributed by atoms with van der Waals surface area (Å²) in [4.78, 5) is 59.9. The molecule has 0 saturated heterocycles. The van der Waals surface area contributed by atoms with E-state index in [0.29, 0.717) is 11.3 Å². The molecule has 13 heteroatoms. The van der Waals surface area contributed by atoms with Gasteiger partial charge in [0.25, 0.3) is 0 Å².